The first-order valence-electron chi connectivity index (χ1n) is 8.64. The van der Waals surface area contributed by atoms with Gasteiger partial charge in [-0.05, 0) is 56.9 Å². The van der Waals surface area contributed by atoms with Crippen LogP contribution in [0.15, 0.2) is 24.3 Å². The van der Waals surface area contributed by atoms with Crippen molar-refractivity contribution in [3.8, 4) is 11.5 Å². The number of hydrogen-bond acceptors (Lipinski definition) is 7. The van der Waals surface area contributed by atoms with E-state index in [-0.39, 0.29) is 31.6 Å². The Morgan fingerprint density at radius 3 is 2.31 bits per heavy atom. The van der Waals surface area contributed by atoms with Gasteiger partial charge in [-0.3, -0.25) is 4.79 Å². The third kappa shape index (κ3) is 6.89. The lowest BCUT2D eigenvalue weighted by Gasteiger charge is -2.27. The van der Waals surface area contributed by atoms with E-state index >= 15 is 0 Å². The fourth-order valence-electron chi connectivity index (χ4n) is 2.68. The number of hydrogen-bond donors (Lipinski definition) is 1. The number of ether oxygens (including phenoxy) is 5. The van der Waals surface area contributed by atoms with Gasteiger partial charge in [0.15, 0.2) is 13.6 Å². The van der Waals surface area contributed by atoms with Crippen LogP contribution in [0.2, 0.25) is 0 Å². The normalized spacial score (nSPS) is 19.6. The number of benzene rings is 1. The summed E-state index contributed by atoms with van der Waals surface area (Å²) in [5, 5.41) is 0. The molecule has 0 atom stereocenters. The molecule has 1 saturated carbocycles. The van der Waals surface area contributed by atoms with Crippen LogP contribution < -0.4 is 15.2 Å². The topological polar surface area (TPSA) is 106 Å². The van der Waals surface area contributed by atoms with Crippen molar-refractivity contribution in [2.24, 2.45) is 11.7 Å². The number of primary amides is 1. The molecule has 0 heterocycles. The van der Waals surface area contributed by atoms with Gasteiger partial charge in [-0.15, -0.1) is 0 Å². The largest absolute Gasteiger partial charge is 0.468 e. The number of esters is 1. The summed E-state index contributed by atoms with van der Waals surface area (Å²) in [5.74, 6) is 0.649. The fourth-order valence-corrected chi connectivity index (χ4v) is 2.68. The molecule has 1 aliphatic carbocycles. The van der Waals surface area contributed by atoms with Gasteiger partial charge in [0.05, 0.1) is 12.0 Å². The van der Waals surface area contributed by atoms with Crippen molar-refractivity contribution in [3.63, 3.8) is 0 Å². The summed E-state index contributed by atoms with van der Waals surface area (Å²) in [4.78, 5) is 22.5. The number of carbonyl (C=O) groups is 2. The lowest BCUT2D eigenvalue weighted by molar-refractivity contribution is -0.163. The van der Waals surface area contributed by atoms with Crippen LogP contribution in [-0.4, -0.2) is 38.4 Å². The zero-order valence-electron chi connectivity index (χ0n) is 14.8. The molecule has 1 aromatic rings. The summed E-state index contributed by atoms with van der Waals surface area (Å²) < 4.78 is 26.0. The Hall–Kier alpha value is -2.32. The number of rotatable bonds is 9. The molecule has 1 fully saturated rings. The van der Waals surface area contributed by atoms with Gasteiger partial charge < -0.3 is 29.4 Å². The van der Waals surface area contributed by atoms with E-state index in [4.69, 9.17) is 29.4 Å². The maximum absolute atomic E-state index is 11.9. The summed E-state index contributed by atoms with van der Waals surface area (Å²) in [5.41, 5.74) is 4.94. The van der Waals surface area contributed by atoms with Crippen molar-refractivity contribution in [2.45, 2.75) is 38.7 Å². The van der Waals surface area contributed by atoms with E-state index < -0.39 is 6.09 Å². The zero-order chi connectivity index (χ0) is 18.8. The maximum Gasteiger partial charge on any atom is 0.409 e. The highest BCUT2D eigenvalue weighted by atomic mass is 16.7. The molecule has 144 valence electrons. The molecule has 0 aromatic heterocycles. The number of carbonyl (C=O) groups excluding carboxylic acids is 2. The predicted octanol–water partition coefficient (Wildman–Crippen LogP) is 2.59. The Labute approximate surface area is 152 Å². The Kier molecular flexibility index (Phi) is 8.17. The highest BCUT2D eigenvalue weighted by Crippen LogP contribution is 2.27. The van der Waals surface area contributed by atoms with Gasteiger partial charge in [0.1, 0.15) is 11.5 Å². The second kappa shape index (κ2) is 10.6. The first-order chi connectivity index (χ1) is 12.6. The molecule has 0 saturated heterocycles. The van der Waals surface area contributed by atoms with Crippen molar-refractivity contribution >= 4 is 12.1 Å². The van der Waals surface area contributed by atoms with Crippen LogP contribution in [0.25, 0.3) is 0 Å². The van der Waals surface area contributed by atoms with E-state index in [1.807, 2.05) is 6.92 Å². The van der Waals surface area contributed by atoms with E-state index in [0.717, 1.165) is 25.7 Å². The van der Waals surface area contributed by atoms with Crippen molar-refractivity contribution in [2.75, 3.05) is 20.2 Å². The van der Waals surface area contributed by atoms with E-state index in [2.05, 4.69) is 0 Å². The molecule has 0 bridgehead atoms. The minimum atomic E-state index is -0.862. The van der Waals surface area contributed by atoms with Crippen molar-refractivity contribution < 1.29 is 33.3 Å². The van der Waals surface area contributed by atoms with Gasteiger partial charge in [-0.1, -0.05) is 0 Å². The fraction of sp³-hybridized carbons (Fsp3) is 0.556. The second-order valence-corrected chi connectivity index (χ2v) is 5.87. The molecular weight excluding hydrogens is 342 g/mol. The molecule has 2 N–H and O–H groups in total. The highest BCUT2D eigenvalue weighted by molar-refractivity contribution is 5.72. The molecule has 1 aromatic carbocycles. The van der Waals surface area contributed by atoms with Crippen molar-refractivity contribution in [3.05, 3.63) is 24.3 Å². The van der Waals surface area contributed by atoms with Gasteiger partial charge in [0, 0.05) is 6.61 Å². The number of nitrogens with two attached hydrogens (primary N) is 1. The van der Waals surface area contributed by atoms with Crippen LogP contribution in [0.5, 0.6) is 11.5 Å². The first kappa shape index (κ1) is 20.0. The zero-order valence-corrected chi connectivity index (χ0v) is 14.8. The summed E-state index contributed by atoms with van der Waals surface area (Å²) >= 11 is 0. The van der Waals surface area contributed by atoms with Gasteiger partial charge in [-0.25, -0.2) is 4.79 Å². The van der Waals surface area contributed by atoms with Crippen LogP contribution in [0.1, 0.15) is 32.6 Å². The van der Waals surface area contributed by atoms with Crippen molar-refractivity contribution in [1.29, 1.82) is 0 Å². The molecule has 1 amide bonds. The molecule has 26 heavy (non-hydrogen) atoms. The molecule has 0 radical (unpaired) electrons. The number of amides is 1. The molecule has 8 nitrogen and oxygen atoms in total. The monoisotopic (exact) mass is 367 g/mol. The molecule has 0 unspecified atom stereocenters. The summed E-state index contributed by atoms with van der Waals surface area (Å²) in [6.07, 6.45) is 2.22. The Bertz CT molecular complexity index is 567. The van der Waals surface area contributed by atoms with E-state index in [1.54, 1.807) is 24.3 Å². The maximum atomic E-state index is 11.9. The standard InChI is InChI=1S/C18H25NO7/c1-2-22-11-25-17(20)13-3-5-14(6-4-13)23-12-24-15-7-9-16(10-8-15)26-18(19)21/h7-10,13-14H,2-6,11-12H2,1H3,(H2,19,21). The van der Waals surface area contributed by atoms with Gasteiger partial charge >= 0.3 is 12.1 Å². The molecular formula is C18H25NO7. The van der Waals surface area contributed by atoms with E-state index in [9.17, 15) is 9.59 Å². The minimum absolute atomic E-state index is 0.0167. The van der Waals surface area contributed by atoms with E-state index in [1.165, 1.54) is 0 Å². The molecule has 1 aliphatic rings. The highest BCUT2D eigenvalue weighted by Gasteiger charge is 2.27. The summed E-state index contributed by atoms with van der Waals surface area (Å²) in [7, 11) is 0. The molecule has 0 aliphatic heterocycles. The van der Waals surface area contributed by atoms with Crippen molar-refractivity contribution in [1.82, 2.24) is 0 Å². The summed E-state index contributed by atoms with van der Waals surface area (Å²) in [6.45, 7) is 2.50. The third-order valence-corrected chi connectivity index (χ3v) is 4.07. The van der Waals surface area contributed by atoms with Gasteiger partial charge in [0.2, 0.25) is 0 Å². The quantitative estimate of drug-likeness (QED) is 0.406. The SMILES string of the molecule is CCOCOC(=O)C1CCC(OCOc2ccc(OC(N)=O)cc2)CC1. The van der Waals surface area contributed by atoms with Crippen LogP contribution in [0.3, 0.4) is 0 Å². The molecule has 2 rings (SSSR count). The van der Waals surface area contributed by atoms with Gasteiger partial charge in [0.25, 0.3) is 0 Å². The summed E-state index contributed by atoms with van der Waals surface area (Å²) in [6, 6.07) is 6.48. The van der Waals surface area contributed by atoms with Crippen LogP contribution in [0, 0.1) is 5.92 Å². The van der Waals surface area contributed by atoms with Gasteiger partial charge in [-0.2, -0.15) is 0 Å². The Balaban J connectivity index is 1.62. The third-order valence-electron chi connectivity index (χ3n) is 4.07. The Morgan fingerprint density at radius 2 is 1.69 bits per heavy atom. The van der Waals surface area contributed by atoms with Crippen LogP contribution >= 0.6 is 0 Å². The lowest BCUT2D eigenvalue weighted by atomic mass is 9.87. The van der Waals surface area contributed by atoms with Crippen LogP contribution in [-0.2, 0) is 19.0 Å². The average Bonchev–Trinajstić information content (AvgIpc) is 2.63. The lowest BCUT2D eigenvalue weighted by Crippen LogP contribution is -2.28. The second-order valence-electron chi connectivity index (χ2n) is 5.87. The minimum Gasteiger partial charge on any atom is -0.468 e. The molecule has 8 heteroatoms. The van der Waals surface area contributed by atoms with Crippen LogP contribution in [0.4, 0.5) is 4.79 Å². The Morgan fingerprint density at radius 1 is 1.04 bits per heavy atom. The average molecular weight is 367 g/mol. The molecule has 0 spiro atoms. The van der Waals surface area contributed by atoms with E-state index in [0.29, 0.717) is 18.1 Å². The smallest absolute Gasteiger partial charge is 0.409 e. The first-order valence-corrected chi connectivity index (χ1v) is 8.64. The predicted molar refractivity (Wildman–Crippen MR) is 91.6 cm³/mol.